The minimum absolute atomic E-state index is 0.189. The summed E-state index contributed by atoms with van der Waals surface area (Å²) in [4.78, 5) is 16.6. The summed E-state index contributed by atoms with van der Waals surface area (Å²) < 4.78 is 10.8. The van der Waals surface area contributed by atoms with Gasteiger partial charge in [-0.3, -0.25) is 4.79 Å². The van der Waals surface area contributed by atoms with Crippen LogP contribution in [0.2, 0.25) is 0 Å². The van der Waals surface area contributed by atoms with E-state index in [0.717, 1.165) is 37.0 Å². The summed E-state index contributed by atoms with van der Waals surface area (Å²) in [5, 5.41) is 2.86. The van der Waals surface area contributed by atoms with Crippen molar-refractivity contribution in [3.63, 3.8) is 0 Å². The van der Waals surface area contributed by atoms with Gasteiger partial charge in [0.25, 0.3) is 5.91 Å². The smallest absolute Gasteiger partial charge is 0.255 e. The summed E-state index contributed by atoms with van der Waals surface area (Å²) >= 11 is 0. The number of carbonyl (C=O) groups excluding carboxylic acids is 1. The average Bonchev–Trinajstić information content (AvgIpc) is 2.69. The Morgan fingerprint density at radius 1 is 1.25 bits per heavy atom. The third kappa shape index (κ3) is 6.93. The molecule has 6 nitrogen and oxygen atoms in total. The lowest BCUT2D eigenvalue weighted by molar-refractivity contribution is 0.0951. The molecule has 148 valence electrons. The highest BCUT2D eigenvalue weighted by Crippen LogP contribution is 2.15. The number of nitrogens with zero attached hydrogens (tertiary/aromatic N) is 1. The van der Waals surface area contributed by atoms with Crippen molar-refractivity contribution in [3.05, 3.63) is 53.2 Å². The Kier molecular flexibility index (Phi) is 8.83. The summed E-state index contributed by atoms with van der Waals surface area (Å²) in [7, 11) is 1.58. The van der Waals surface area contributed by atoms with Crippen LogP contribution in [0.5, 0.6) is 5.75 Å². The predicted octanol–water partition coefficient (Wildman–Crippen LogP) is 3.31. The summed E-state index contributed by atoms with van der Waals surface area (Å²) in [5.41, 5.74) is 7.86. The SMILES string of the molecule is C#CCCCCCOc1cccc(CNC(=O)c2ccc(COC)nc2N)c1. The molecular weight excluding hydrogens is 354 g/mol. The van der Waals surface area contributed by atoms with E-state index in [4.69, 9.17) is 21.6 Å². The number of terminal acetylenes is 1. The number of nitrogens with one attached hydrogen (secondary N) is 1. The minimum Gasteiger partial charge on any atom is -0.494 e. The van der Waals surface area contributed by atoms with Crippen molar-refractivity contribution in [3.8, 4) is 18.1 Å². The number of rotatable bonds is 11. The molecule has 0 aliphatic rings. The van der Waals surface area contributed by atoms with E-state index < -0.39 is 0 Å². The van der Waals surface area contributed by atoms with E-state index in [-0.39, 0.29) is 11.7 Å². The van der Waals surface area contributed by atoms with Crippen molar-refractivity contribution in [2.75, 3.05) is 19.5 Å². The number of aromatic nitrogens is 1. The second-order valence-corrected chi connectivity index (χ2v) is 6.36. The maximum Gasteiger partial charge on any atom is 0.255 e. The molecule has 2 aromatic rings. The number of anilines is 1. The molecule has 6 heteroatoms. The highest BCUT2D eigenvalue weighted by Gasteiger charge is 2.11. The fourth-order valence-corrected chi connectivity index (χ4v) is 2.66. The molecule has 0 bridgehead atoms. The highest BCUT2D eigenvalue weighted by molar-refractivity contribution is 5.98. The Hall–Kier alpha value is -3.04. The molecule has 0 spiro atoms. The average molecular weight is 381 g/mol. The van der Waals surface area contributed by atoms with Gasteiger partial charge in [-0.05, 0) is 49.1 Å². The second kappa shape index (κ2) is 11.6. The lowest BCUT2D eigenvalue weighted by Crippen LogP contribution is -2.24. The van der Waals surface area contributed by atoms with Crippen molar-refractivity contribution < 1.29 is 14.3 Å². The molecule has 0 atom stereocenters. The van der Waals surface area contributed by atoms with E-state index in [1.54, 1.807) is 19.2 Å². The van der Waals surface area contributed by atoms with Crippen LogP contribution < -0.4 is 15.8 Å². The van der Waals surface area contributed by atoms with Gasteiger partial charge in [0, 0.05) is 20.1 Å². The van der Waals surface area contributed by atoms with Gasteiger partial charge in [0.2, 0.25) is 0 Å². The number of unbranched alkanes of at least 4 members (excludes halogenated alkanes) is 3. The fraction of sp³-hybridized carbons (Fsp3) is 0.364. The van der Waals surface area contributed by atoms with Crippen LogP contribution in [0.4, 0.5) is 5.82 Å². The third-order valence-corrected chi connectivity index (χ3v) is 4.10. The van der Waals surface area contributed by atoms with E-state index in [1.807, 2.05) is 24.3 Å². The van der Waals surface area contributed by atoms with Crippen LogP contribution in [-0.4, -0.2) is 24.6 Å². The molecule has 1 aromatic carbocycles. The number of hydrogen-bond acceptors (Lipinski definition) is 5. The number of hydrogen-bond donors (Lipinski definition) is 2. The van der Waals surface area contributed by atoms with Crippen LogP contribution in [0.15, 0.2) is 36.4 Å². The van der Waals surface area contributed by atoms with Gasteiger partial charge < -0.3 is 20.5 Å². The zero-order valence-electron chi connectivity index (χ0n) is 16.2. The number of carbonyl (C=O) groups is 1. The van der Waals surface area contributed by atoms with Crippen LogP contribution in [0.25, 0.3) is 0 Å². The zero-order valence-corrected chi connectivity index (χ0v) is 16.2. The first-order valence-electron chi connectivity index (χ1n) is 9.31. The molecule has 0 saturated carbocycles. The van der Waals surface area contributed by atoms with Crippen molar-refractivity contribution in [1.29, 1.82) is 0 Å². The van der Waals surface area contributed by atoms with Gasteiger partial charge in [0.15, 0.2) is 0 Å². The number of amides is 1. The number of benzene rings is 1. The van der Waals surface area contributed by atoms with Gasteiger partial charge in [-0.25, -0.2) is 4.98 Å². The molecule has 1 heterocycles. The van der Waals surface area contributed by atoms with Crippen molar-refractivity contribution in [1.82, 2.24) is 10.3 Å². The molecule has 28 heavy (non-hydrogen) atoms. The molecular formula is C22H27N3O3. The van der Waals surface area contributed by atoms with E-state index in [0.29, 0.717) is 31.0 Å². The van der Waals surface area contributed by atoms with E-state index in [1.165, 1.54) is 0 Å². The van der Waals surface area contributed by atoms with Crippen LogP contribution in [-0.2, 0) is 17.9 Å². The van der Waals surface area contributed by atoms with Crippen molar-refractivity contribution in [2.45, 2.75) is 38.8 Å². The molecule has 0 aliphatic carbocycles. The number of nitrogens with two attached hydrogens (primary N) is 1. The Labute approximate surface area is 166 Å². The maximum atomic E-state index is 12.4. The van der Waals surface area contributed by atoms with Gasteiger partial charge >= 0.3 is 0 Å². The number of ether oxygens (including phenoxy) is 2. The van der Waals surface area contributed by atoms with Crippen LogP contribution in [0, 0.1) is 12.3 Å². The standard InChI is InChI=1S/C22H27N3O3/c1-3-4-5-6-7-13-28-19-10-8-9-17(14-19)15-24-22(26)20-12-11-18(16-27-2)25-21(20)23/h1,8-12,14H,4-7,13,15-16H2,2H3,(H2,23,25)(H,24,26). The first-order valence-corrected chi connectivity index (χ1v) is 9.31. The zero-order chi connectivity index (χ0) is 20.2. The summed E-state index contributed by atoms with van der Waals surface area (Å²) in [6.07, 6.45) is 9.09. The van der Waals surface area contributed by atoms with E-state index in [9.17, 15) is 4.79 Å². The third-order valence-electron chi connectivity index (χ3n) is 4.10. The van der Waals surface area contributed by atoms with E-state index in [2.05, 4.69) is 16.2 Å². The minimum atomic E-state index is -0.270. The van der Waals surface area contributed by atoms with Crippen molar-refractivity contribution >= 4 is 11.7 Å². The summed E-state index contributed by atoms with van der Waals surface area (Å²) in [6, 6.07) is 11.1. The van der Waals surface area contributed by atoms with Gasteiger partial charge in [-0.2, -0.15) is 0 Å². The number of nitrogen functional groups attached to an aromatic ring is 1. The van der Waals surface area contributed by atoms with Gasteiger partial charge in [0.05, 0.1) is 24.5 Å². The Morgan fingerprint density at radius 2 is 2.11 bits per heavy atom. The molecule has 0 fully saturated rings. The lowest BCUT2D eigenvalue weighted by Gasteiger charge is -2.10. The Balaban J connectivity index is 1.84. The molecule has 1 amide bonds. The van der Waals surface area contributed by atoms with Crippen LogP contribution in [0.1, 0.15) is 47.3 Å². The quantitative estimate of drug-likeness (QED) is 0.461. The summed E-state index contributed by atoms with van der Waals surface area (Å²) in [6.45, 7) is 1.37. The molecule has 3 N–H and O–H groups in total. The summed E-state index contributed by atoms with van der Waals surface area (Å²) in [5.74, 6) is 3.34. The Bertz CT molecular complexity index is 815. The number of pyridine rings is 1. The first-order chi connectivity index (χ1) is 13.6. The molecule has 0 radical (unpaired) electrons. The highest BCUT2D eigenvalue weighted by atomic mass is 16.5. The second-order valence-electron chi connectivity index (χ2n) is 6.36. The van der Waals surface area contributed by atoms with Crippen molar-refractivity contribution in [2.24, 2.45) is 0 Å². The molecule has 1 aromatic heterocycles. The normalized spacial score (nSPS) is 10.3. The van der Waals surface area contributed by atoms with Crippen LogP contribution in [0.3, 0.4) is 0 Å². The van der Waals surface area contributed by atoms with Crippen LogP contribution >= 0.6 is 0 Å². The number of methoxy groups -OCH3 is 1. The molecule has 0 unspecified atom stereocenters. The molecule has 0 saturated heterocycles. The van der Waals surface area contributed by atoms with Gasteiger partial charge in [-0.15, -0.1) is 12.3 Å². The molecule has 0 aliphatic heterocycles. The lowest BCUT2D eigenvalue weighted by atomic mass is 10.2. The molecule has 2 rings (SSSR count). The van der Waals surface area contributed by atoms with Gasteiger partial charge in [0.1, 0.15) is 11.6 Å². The predicted molar refractivity (Wildman–Crippen MR) is 110 cm³/mol. The van der Waals surface area contributed by atoms with E-state index >= 15 is 0 Å². The first kappa shape index (κ1) is 21.3. The Morgan fingerprint density at radius 3 is 2.86 bits per heavy atom. The topological polar surface area (TPSA) is 86.5 Å². The van der Waals surface area contributed by atoms with Gasteiger partial charge in [-0.1, -0.05) is 12.1 Å². The largest absolute Gasteiger partial charge is 0.494 e. The monoisotopic (exact) mass is 381 g/mol. The maximum absolute atomic E-state index is 12.4. The fourth-order valence-electron chi connectivity index (χ4n) is 2.66.